The van der Waals surface area contributed by atoms with E-state index in [1.165, 1.54) is 0 Å². The van der Waals surface area contributed by atoms with E-state index in [0.29, 0.717) is 19.1 Å². The lowest BCUT2D eigenvalue weighted by atomic mass is 9.99. The predicted molar refractivity (Wildman–Crippen MR) is 68.2 cm³/mol. The van der Waals surface area contributed by atoms with Gasteiger partial charge in [0.2, 0.25) is 9.05 Å². The van der Waals surface area contributed by atoms with E-state index in [-0.39, 0.29) is 17.6 Å². The Labute approximate surface area is 104 Å². The van der Waals surface area contributed by atoms with Gasteiger partial charge in [-0.15, -0.1) is 0 Å². The van der Waals surface area contributed by atoms with Gasteiger partial charge in [-0.3, -0.25) is 0 Å². The summed E-state index contributed by atoms with van der Waals surface area (Å²) in [5.41, 5.74) is 0. The molecule has 0 aliphatic rings. The lowest BCUT2D eigenvalue weighted by Gasteiger charge is -2.19. The highest BCUT2D eigenvalue weighted by atomic mass is 35.7. The van der Waals surface area contributed by atoms with Crippen LogP contribution in [0.5, 0.6) is 0 Å². The Bertz CT molecular complexity index is 273. The van der Waals surface area contributed by atoms with Gasteiger partial charge in [-0.1, -0.05) is 27.7 Å². The van der Waals surface area contributed by atoms with E-state index in [1.807, 2.05) is 13.8 Å². The maximum Gasteiger partial charge on any atom is 0.232 e. The Morgan fingerprint density at radius 1 is 1.19 bits per heavy atom. The minimum atomic E-state index is -3.43. The van der Waals surface area contributed by atoms with Gasteiger partial charge in [-0.05, 0) is 24.2 Å². The van der Waals surface area contributed by atoms with Crippen molar-refractivity contribution in [3.05, 3.63) is 0 Å². The number of hydrogen-bond acceptors (Lipinski definition) is 3. The zero-order valence-corrected chi connectivity index (χ0v) is 12.1. The van der Waals surface area contributed by atoms with Crippen LogP contribution in [0.15, 0.2) is 0 Å². The maximum absolute atomic E-state index is 11.0. The number of hydrogen-bond donors (Lipinski definition) is 0. The Kier molecular flexibility index (Phi) is 7.61. The van der Waals surface area contributed by atoms with Crippen molar-refractivity contribution in [2.24, 2.45) is 17.8 Å². The van der Waals surface area contributed by atoms with Crippen molar-refractivity contribution in [1.82, 2.24) is 0 Å². The molecule has 0 N–H and O–H groups in total. The Morgan fingerprint density at radius 2 is 1.75 bits per heavy atom. The van der Waals surface area contributed by atoms with Crippen LogP contribution in [0.25, 0.3) is 0 Å². The highest BCUT2D eigenvalue weighted by molar-refractivity contribution is 8.13. The molecule has 0 spiro atoms. The van der Waals surface area contributed by atoms with Crippen molar-refractivity contribution in [3.8, 4) is 0 Å². The normalized spacial score (nSPS) is 14.7. The second-order valence-corrected chi connectivity index (χ2v) is 7.79. The maximum atomic E-state index is 11.0. The second kappa shape index (κ2) is 7.51. The van der Waals surface area contributed by atoms with Gasteiger partial charge in [-0.25, -0.2) is 8.42 Å². The summed E-state index contributed by atoms with van der Waals surface area (Å²) in [6, 6.07) is 0. The average molecular weight is 271 g/mol. The molecule has 16 heavy (non-hydrogen) atoms. The van der Waals surface area contributed by atoms with Gasteiger partial charge in [0.1, 0.15) is 0 Å². The highest BCUT2D eigenvalue weighted by Crippen LogP contribution is 2.16. The van der Waals surface area contributed by atoms with Crippen molar-refractivity contribution in [2.45, 2.75) is 34.1 Å². The molecule has 0 aromatic heterocycles. The van der Waals surface area contributed by atoms with E-state index in [1.54, 1.807) is 0 Å². The SMILES string of the molecule is CC(C)CCOCC(CS(=O)(=O)Cl)C(C)C. The minimum absolute atomic E-state index is 0.00605. The lowest BCUT2D eigenvalue weighted by molar-refractivity contribution is 0.0834. The van der Waals surface area contributed by atoms with Crippen molar-refractivity contribution in [2.75, 3.05) is 19.0 Å². The van der Waals surface area contributed by atoms with Crippen molar-refractivity contribution < 1.29 is 13.2 Å². The minimum Gasteiger partial charge on any atom is -0.381 e. The van der Waals surface area contributed by atoms with Crippen LogP contribution in [-0.2, 0) is 13.8 Å². The predicted octanol–water partition coefficient (Wildman–Crippen LogP) is 2.89. The van der Waals surface area contributed by atoms with Gasteiger partial charge in [0.15, 0.2) is 0 Å². The average Bonchev–Trinajstić information content (AvgIpc) is 2.07. The van der Waals surface area contributed by atoms with Crippen molar-refractivity contribution >= 4 is 19.7 Å². The molecule has 1 atom stereocenters. The topological polar surface area (TPSA) is 43.4 Å². The van der Waals surface area contributed by atoms with Crippen LogP contribution in [0.4, 0.5) is 0 Å². The van der Waals surface area contributed by atoms with Gasteiger partial charge in [0.05, 0.1) is 12.4 Å². The first-order chi connectivity index (χ1) is 7.22. The number of ether oxygens (including phenoxy) is 1. The summed E-state index contributed by atoms with van der Waals surface area (Å²) in [5.74, 6) is 0.838. The molecule has 0 aromatic rings. The first-order valence-corrected chi connectivity index (χ1v) is 8.20. The molecular formula is C11H23ClO3S. The summed E-state index contributed by atoms with van der Waals surface area (Å²) in [6.45, 7) is 9.38. The van der Waals surface area contributed by atoms with Gasteiger partial charge in [0, 0.05) is 17.3 Å². The molecule has 0 heterocycles. The van der Waals surface area contributed by atoms with E-state index in [9.17, 15) is 8.42 Å². The van der Waals surface area contributed by atoms with Crippen molar-refractivity contribution in [1.29, 1.82) is 0 Å². The Balaban J connectivity index is 3.96. The summed E-state index contributed by atoms with van der Waals surface area (Å²) in [7, 11) is 1.82. The van der Waals surface area contributed by atoms with Crippen LogP contribution < -0.4 is 0 Å². The summed E-state index contributed by atoms with van der Waals surface area (Å²) >= 11 is 0. The fourth-order valence-corrected chi connectivity index (χ4v) is 2.72. The Morgan fingerprint density at radius 3 is 2.12 bits per heavy atom. The molecule has 5 heteroatoms. The van der Waals surface area contributed by atoms with Crippen LogP contribution in [0.3, 0.4) is 0 Å². The first-order valence-electron chi connectivity index (χ1n) is 5.72. The van der Waals surface area contributed by atoms with E-state index >= 15 is 0 Å². The van der Waals surface area contributed by atoms with Crippen LogP contribution in [0.1, 0.15) is 34.1 Å². The molecule has 0 saturated heterocycles. The lowest BCUT2D eigenvalue weighted by Crippen LogP contribution is -2.23. The van der Waals surface area contributed by atoms with E-state index in [0.717, 1.165) is 6.42 Å². The molecule has 0 aromatic carbocycles. The second-order valence-electron chi connectivity index (χ2n) is 4.97. The molecule has 0 saturated carbocycles. The monoisotopic (exact) mass is 270 g/mol. The number of halogens is 1. The quantitative estimate of drug-likeness (QED) is 0.503. The summed E-state index contributed by atoms with van der Waals surface area (Å²) in [4.78, 5) is 0. The van der Waals surface area contributed by atoms with Gasteiger partial charge in [0.25, 0.3) is 0 Å². The largest absolute Gasteiger partial charge is 0.381 e. The Hall–Kier alpha value is 0.200. The van der Waals surface area contributed by atoms with Gasteiger partial charge in [-0.2, -0.15) is 0 Å². The molecule has 0 rings (SSSR count). The molecule has 0 bridgehead atoms. The molecule has 0 aliphatic heterocycles. The molecule has 0 amide bonds. The highest BCUT2D eigenvalue weighted by Gasteiger charge is 2.20. The summed E-state index contributed by atoms with van der Waals surface area (Å²) in [5, 5.41) is 0. The van der Waals surface area contributed by atoms with E-state index in [2.05, 4.69) is 13.8 Å². The third-order valence-corrected chi connectivity index (χ3v) is 3.73. The van der Waals surface area contributed by atoms with Crippen LogP contribution in [0.2, 0.25) is 0 Å². The first kappa shape index (κ1) is 16.2. The molecule has 3 nitrogen and oxygen atoms in total. The molecule has 98 valence electrons. The summed E-state index contributed by atoms with van der Waals surface area (Å²) in [6.07, 6.45) is 0.998. The third kappa shape index (κ3) is 9.43. The van der Waals surface area contributed by atoms with Crippen LogP contribution in [-0.4, -0.2) is 27.4 Å². The van der Waals surface area contributed by atoms with E-state index in [4.69, 9.17) is 15.4 Å². The summed E-state index contributed by atoms with van der Waals surface area (Å²) < 4.78 is 27.5. The smallest absolute Gasteiger partial charge is 0.232 e. The van der Waals surface area contributed by atoms with Crippen LogP contribution in [0, 0.1) is 17.8 Å². The molecular weight excluding hydrogens is 248 g/mol. The zero-order chi connectivity index (χ0) is 12.8. The standard InChI is InChI=1S/C11H23ClO3S/c1-9(2)5-6-15-7-11(10(3)4)8-16(12,13)14/h9-11H,5-8H2,1-4H3. The van der Waals surface area contributed by atoms with Crippen molar-refractivity contribution in [3.63, 3.8) is 0 Å². The van der Waals surface area contributed by atoms with Crippen LogP contribution >= 0.6 is 10.7 Å². The van der Waals surface area contributed by atoms with E-state index < -0.39 is 9.05 Å². The fourth-order valence-electron chi connectivity index (χ4n) is 1.24. The third-order valence-electron chi connectivity index (χ3n) is 2.53. The van der Waals surface area contributed by atoms with Gasteiger partial charge >= 0.3 is 0 Å². The molecule has 0 aliphatic carbocycles. The zero-order valence-electron chi connectivity index (χ0n) is 10.6. The molecule has 1 unspecified atom stereocenters. The van der Waals surface area contributed by atoms with Gasteiger partial charge < -0.3 is 4.74 Å². The molecule has 0 radical (unpaired) electrons. The molecule has 0 fully saturated rings. The number of rotatable bonds is 8. The fraction of sp³-hybridized carbons (Fsp3) is 1.00.